The minimum Gasteiger partial charge on any atom is -0.467 e. The van der Waals surface area contributed by atoms with Gasteiger partial charge in [0.25, 0.3) is 0 Å². The van der Waals surface area contributed by atoms with Crippen molar-refractivity contribution in [2.24, 2.45) is 0 Å². The van der Waals surface area contributed by atoms with E-state index in [1.807, 2.05) is 23.5 Å². The molecule has 4 rings (SSSR count). The number of hydrogen-bond acceptors (Lipinski definition) is 5. The van der Waals surface area contributed by atoms with E-state index in [4.69, 9.17) is 4.42 Å². The monoisotopic (exact) mass is 285 g/mol. The Morgan fingerprint density at radius 1 is 1.35 bits per heavy atom. The van der Waals surface area contributed by atoms with Gasteiger partial charge >= 0.3 is 0 Å². The molecule has 1 aliphatic carbocycles. The van der Waals surface area contributed by atoms with Crippen molar-refractivity contribution >= 4 is 27.4 Å². The van der Waals surface area contributed by atoms with E-state index >= 15 is 0 Å². The first kappa shape index (κ1) is 11.9. The molecule has 3 aromatic rings. The lowest BCUT2D eigenvalue weighted by Crippen LogP contribution is -2.07. The molecule has 4 nitrogen and oxygen atoms in total. The number of aromatic nitrogens is 2. The van der Waals surface area contributed by atoms with Crippen LogP contribution in [0.4, 0.5) is 5.82 Å². The van der Waals surface area contributed by atoms with Crippen molar-refractivity contribution in [2.45, 2.75) is 32.2 Å². The fourth-order valence-electron chi connectivity index (χ4n) is 2.85. The molecule has 0 saturated heterocycles. The highest BCUT2D eigenvalue weighted by Crippen LogP contribution is 2.39. The van der Waals surface area contributed by atoms with Gasteiger partial charge in [-0.05, 0) is 43.9 Å². The smallest absolute Gasteiger partial charge is 0.139 e. The first-order chi connectivity index (χ1) is 9.83. The molecule has 1 N–H and O–H groups in total. The lowest BCUT2D eigenvalue weighted by molar-refractivity contribution is 0.490. The summed E-state index contributed by atoms with van der Waals surface area (Å²) in [4.78, 5) is 11.4. The topological polar surface area (TPSA) is 51.0 Å². The largest absolute Gasteiger partial charge is 0.467 e. The van der Waals surface area contributed by atoms with Crippen LogP contribution in [0.5, 0.6) is 0 Å². The number of nitrogens with zero attached hydrogens (tertiary/aromatic N) is 2. The molecule has 102 valence electrons. The number of thiophene rings is 1. The minimum absolute atomic E-state index is 0.0973. The van der Waals surface area contributed by atoms with E-state index in [9.17, 15) is 0 Å². The number of furan rings is 1. The van der Waals surface area contributed by atoms with Crippen LogP contribution in [0.3, 0.4) is 0 Å². The number of anilines is 1. The van der Waals surface area contributed by atoms with Gasteiger partial charge in [-0.2, -0.15) is 0 Å². The minimum atomic E-state index is 0.0973. The summed E-state index contributed by atoms with van der Waals surface area (Å²) < 4.78 is 5.45. The lowest BCUT2D eigenvalue weighted by Gasteiger charge is -2.13. The van der Waals surface area contributed by atoms with Gasteiger partial charge in [0.1, 0.15) is 22.7 Å². The number of aryl methyl sites for hydroxylation is 2. The molecular formula is C15H15N3OS. The fraction of sp³-hybridized carbons (Fsp3) is 0.333. The Balaban J connectivity index is 1.76. The van der Waals surface area contributed by atoms with Gasteiger partial charge in [-0.15, -0.1) is 11.3 Å². The van der Waals surface area contributed by atoms with Crippen LogP contribution in [0.1, 0.15) is 35.6 Å². The van der Waals surface area contributed by atoms with Gasteiger partial charge in [0.05, 0.1) is 17.7 Å². The van der Waals surface area contributed by atoms with E-state index in [0.717, 1.165) is 22.8 Å². The van der Waals surface area contributed by atoms with Gasteiger partial charge in [-0.25, -0.2) is 9.97 Å². The third kappa shape index (κ3) is 1.81. The van der Waals surface area contributed by atoms with Crippen LogP contribution in [0.15, 0.2) is 29.1 Å². The molecule has 0 unspecified atom stereocenters. The summed E-state index contributed by atoms with van der Waals surface area (Å²) in [7, 11) is 0. The zero-order chi connectivity index (χ0) is 13.5. The maximum atomic E-state index is 5.45. The summed E-state index contributed by atoms with van der Waals surface area (Å²) in [5, 5.41) is 4.68. The van der Waals surface area contributed by atoms with Crippen LogP contribution < -0.4 is 5.32 Å². The highest BCUT2D eigenvalue weighted by molar-refractivity contribution is 7.19. The standard InChI is InChI=1S/C15H15N3OS/c1-9(11-5-3-7-19-11)18-14-13-10-4-2-6-12(10)20-15(13)17-8-16-14/h3,5,7-9H,2,4,6H2,1H3,(H,16,17,18)/t9-/m1/s1. The molecule has 0 bridgehead atoms. The van der Waals surface area contributed by atoms with Crippen molar-refractivity contribution in [1.82, 2.24) is 9.97 Å². The second kappa shape index (κ2) is 4.59. The van der Waals surface area contributed by atoms with Crippen LogP contribution in [-0.4, -0.2) is 9.97 Å². The predicted molar refractivity (Wildman–Crippen MR) is 80.2 cm³/mol. The van der Waals surface area contributed by atoms with Crippen LogP contribution in [0, 0.1) is 0 Å². The van der Waals surface area contributed by atoms with Crippen molar-refractivity contribution in [3.8, 4) is 0 Å². The molecular weight excluding hydrogens is 270 g/mol. The molecule has 0 aliphatic heterocycles. The molecule has 0 amide bonds. The van der Waals surface area contributed by atoms with Gasteiger partial charge in [-0.3, -0.25) is 0 Å². The third-order valence-electron chi connectivity index (χ3n) is 3.82. The van der Waals surface area contributed by atoms with E-state index in [1.54, 1.807) is 12.6 Å². The second-order valence-electron chi connectivity index (χ2n) is 5.14. The van der Waals surface area contributed by atoms with Crippen molar-refractivity contribution in [3.63, 3.8) is 0 Å². The molecule has 0 saturated carbocycles. The summed E-state index contributed by atoms with van der Waals surface area (Å²) in [6.07, 6.45) is 6.92. The number of hydrogen-bond donors (Lipinski definition) is 1. The predicted octanol–water partition coefficient (Wildman–Crippen LogP) is 3.95. The molecule has 3 aromatic heterocycles. The Bertz CT molecular complexity index is 748. The molecule has 1 aliphatic rings. The Kier molecular flexibility index (Phi) is 2.73. The van der Waals surface area contributed by atoms with Crippen molar-refractivity contribution in [3.05, 3.63) is 40.9 Å². The molecule has 3 heterocycles. The maximum absolute atomic E-state index is 5.45. The summed E-state index contributed by atoms with van der Waals surface area (Å²) >= 11 is 1.81. The van der Waals surface area contributed by atoms with Crippen LogP contribution in [0.25, 0.3) is 10.2 Å². The van der Waals surface area contributed by atoms with Gasteiger partial charge in [0.15, 0.2) is 0 Å². The molecule has 1 atom stereocenters. The first-order valence-electron chi connectivity index (χ1n) is 6.88. The van der Waals surface area contributed by atoms with Crippen molar-refractivity contribution in [1.29, 1.82) is 0 Å². The third-order valence-corrected chi connectivity index (χ3v) is 5.02. The number of fused-ring (bicyclic) bond motifs is 3. The summed E-state index contributed by atoms with van der Waals surface area (Å²) in [5.74, 6) is 1.85. The fourth-order valence-corrected chi connectivity index (χ4v) is 4.08. The normalized spacial score (nSPS) is 15.4. The average Bonchev–Trinajstić information content (AvgIpc) is 3.15. The Morgan fingerprint density at radius 2 is 2.30 bits per heavy atom. The lowest BCUT2D eigenvalue weighted by atomic mass is 10.1. The van der Waals surface area contributed by atoms with Crippen LogP contribution >= 0.6 is 11.3 Å². The molecule has 0 spiro atoms. The van der Waals surface area contributed by atoms with Gasteiger partial charge in [0.2, 0.25) is 0 Å². The summed E-state index contributed by atoms with van der Waals surface area (Å²) in [6.45, 7) is 2.08. The van der Waals surface area contributed by atoms with E-state index in [0.29, 0.717) is 0 Å². The summed E-state index contributed by atoms with van der Waals surface area (Å²) in [5.41, 5.74) is 1.44. The van der Waals surface area contributed by atoms with E-state index in [2.05, 4.69) is 22.2 Å². The SMILES string of the molecule is C[C@@H](Nc1ncnc2sc3c(c12)CCC3)c1ccco1. The quantitative estimate of drug-likeness (QED) is 0.791. The highest BCUT2D eigenvalue weighted by atomic mass is 32.1. The van der Waals surface area contributed by atoms with Gasteiger partial charge in [0, 0.05) is 4.88 Å². The summed E-state index contributed by atoms with van der Waals surface area (Å²) in [6, 6.07) is 3.99. The van der Waals surface area contributed by atoms with E-state index < -0.39 is 0 Å². The van der Waals surface area contributed by atoms with E-state index in [1.165, 1.54) is 28.7 Å². The Morgan fingerprint density at radius 3 is 3.15 bits per heavy atom. The molecule has 0 radical (unpaired) electrons. The zero-order valence-electron chi connectivity index (χ0n) is 11.2. The number of nitrogens with one attached hydrogen (secondary N) is 1. The first-order valence-corrected chi connectivity index (χ1v) is 7.70. The number of rotatable bonds is 3. The van der Waals surface area contributed by atoms with Gasteiger partial charge in [-0.1, -0.05) is 0 Å². The zero-order valence-corrected chi connectivity index (χ0v) is 12.0. The Hall–Kier alpha value is -1.88. The van der Waals surface area contributed by atoms with Gasteiger partial charge < -0.3 is 9.73 Å². The second-order valence-corrected chi connectivity index (χ2v) is 6.22. The van der Waals surface area contributed by atoms with Crippen LogP contribution in [0.2, 0.25) is 0 Å². The van der Waals surface area contributed by atoms with E-state index in [-0.39, 0.29) is 6.04 Å². The Labute approximate surface area is 120 Å². The highest BCUT2D eigenvalue weighted by Gasteiger charge is 2.22. The molecule has 5 heteroatoms. The molecule has 0 fully saturated rings. The van der Waals surface area contributed by atoms with Crippen LogP contribution in [-0.2, 0) is 12.8 Å². The van der Waals surface area contributed by atoms with Crippen molar-refractivity contribution < 1.29 is 4.42 Å². The molecule has 0 aromatic carbocycles. The van der Waals surface area contributed by atoms with Crippen molar-refractivity contribution in [2.75, 3.05) is 5.32 Å². The average molecular weight is 285 g/mol. The molecule has 20 heavy (non-hydrogen) atoms. The maximum Gasteiger partial charge on any atom is 0.139 e.